The Morgan fingerprint density at radius 3 is 2.31 bits per heavy atom. The molecular formula is C10H14N2O3S. The number of hydrogen-bond acceptors (Lipinski definition) is 4. The van der Waals surface area contributed by atoms with Gasteiger partial charge in [0.15, 0.2) is 0 Å². The average Bonchev–Trinajstić information content (AvgIpc) is 2.39. The van der Waals surface area contributed by atoms with Gasteiger partial charge >= 0.3 is 0 Å². The van der Waals surface area contributed by atoms with Crippen LogP contribution in [0.3, 0.4) is 0 Å². The Morgan fingerprint density at radius 2 is 1.75 bits per heavy atom. The van der Waals surface area contributed by atoms with Crippen molar-refractivity contribution >= 4 is 10.0 Å². The monoisotopic (exact) mass is 242 g/mol. The molecule has 5 nitrogen and oxygen atoms in total. The lowest BCUT2D eigenvalue weighted by molar-refractivity contribution is 0.457. The van der Waals surface area contributed by atoms with Crippen molar-refractivity contribution < 1.29 is 13.5 Å². The van der Waals surface area contributed by atoms with E-state index < -0.39 is 10.0 Å². The number of phenols is 1. The summed E-state index contributed by atoms with van der Waals surface area (Å²) in [4.78, 5) is -0.187. The molecule has 0 unspecified atom stereocenters. The molecule has 1 aliphatic rings. The quantitative estimate of drug-likeness (QED) is 0.632. The van der Waals surface area contributed by atoms with Gasteiger partial charge in [0.1, 0.15) is 10.6 Å². The van der Waals surface area contributed by atoms with Gasteiger partial charge in [-0.1, -0.05) is 0 Å². The number of aromatic hydroxyl groups is 1. The Balaban J connectivity index is 2.56. The molecule has 0 bridgehead atoms. The van der Waals surface area contributed by atoms with E-state index in [-0.39, 0.29) is 10.6 Å². The maximum atomic E-state index is 11.2. The fourth-order valence-electron chi connectivity index (χ4n) is 1.92. The molecule has 6 heteroatoms. The Labute approximate surface area is 94.3 Å². The molecule has 0 aromatic heterocycles. The van der Waals surface area contributed by atoms with Crippen molar-refractivity contribution in [3.05, 3.63) is 23.3 Å². The van der Waals surface area contributed by atoms with E-state index in [1.54, 1.807) is 0 Å². The number of rotatable bonds is 1. The lowest BCUT2D eigenvalue weighted by Crippen LogP contribution is -2.16. The van der Waals surface area contributed by atoms with Crippen LogP contribution < -0.4 is 10.5 Å². The molecule has 1 heterocycles. The number of primary sulfonamides is 1. The molecule has 1 aliphatic heterocycles. The summed E-state index contributed by atoms with van der Waals surface area (Å²) in [5.41, 5.74) is 1.92. The molecule has 1 aromatic rings. The molecule has 0 saturated carbocycles. The average molecular weight is 242 g/mol. The second-order valence-electron chi connectivity index (χ2n) is 3.88. The molecule has 0 atom stereocenters. The number of fused-ring (bicyclic) bond motifs is 1. The van der Waals surface area contributed by atoms with Crippen LogP contribution in [0.4, 0.5) is 0 Å². The van der Waals surface area contributed by atoms with Crippen LogP contribution in [0.2, 0.25) is 0 Å². The number of phenolic OH excluding ortho intramolecular Hbond substituents is 1. The van der Waals surface area contributed by atoms with Crippen LogP contribution in [-0.4, -0.2) is 26.6 Å². The molecule has 1 aromatic carbocycles. The highest BCUT2D eigenvalue weighted by Crippen LogP contribution is 2.27. The summed E-state index contributed by atoms with van der Waals surface area (Å²) in [6, 6.07) is 2.98. The van der Waals surface area contributed by atoms with Gasteiger partial charge in [-0.05, 0) is 49.2 Å². The summed E-state index contributed by atoms with van der Waals surface area (Å²) in [5, 5.41) is 17.9. The molecule has 0 fully saturated rings. The van der Waals surface area contributed by atoms with Gasteiger partial charge in [-0.25, -0.2) is 13.6 Å². The number of sulfonamides is 1. The van der Waals surface area contributed by atoms with Crippen molar-refractivity contribution in [2.75, 3.05) is 13.1 Å². The normalized spacial score (nSPS) is 16.6. The zero-order valence-corrected chi connectivity index (χ0v) is 9.55. The Morgan fingerprint density at radius 1 is 1.19 bits per heavy atom. The van der Waals surface area contributed by atoms with Gasteiger partial charge in [-0.15, -0.1) is 0 Å². The van der Waals surface area contributed by atoms with Crippen molar-refractivity contribution in [1.29, 1.82) is 0 Å². The zero-order valence-electron chi connectivity index (χ0n) is 8.73. The lowest BCUT2D eigenvalue weighted by atomic mass is 10.0. The summed E-state index contributed by atoms with van der Waals surface area (Å²) in [5.74, 6) is -0.261. The summed E-state index contributed by atoms with van der Waals surface area (Å²) in [6.07, 6.45) is 1.53. The largest absolute Gasteiger partial charge is 0.507 e. The highest BCUT2D eigenvalue weighted by molar-refractivity contribution is 7.89. The predicted octanol–water partition coefficient (Wildman–Crippen LogP) is -0.272. The molecule has 2 rings (SSSR count). The first-order chi connectivity index (χ1) is 7.48. The topological polar surface area (TPSA) is 92.4 Å². The molecule has 0 spiro atoms. The molecule has 0 aliphatic carbocycles. The Bertz CT molecular complexity index is 511. The van der Waals surface area contributed by atoms with Gasteiger partial charge in [0.25, 0.3) is 0 Å². The van der Waals surface area contributed by atoms with E-state index in [1.165, 1.54) is 12.1 Å². The fourth-order valence-corrected chi connectivity index (χ4v) is 2.58. The number of nitrogens with two attached hydrogens (primary N) is 1. The number of benzene rings is 1. The molecule has 16 heavy (non-hydrogen) atoms. The first-order valence-corrected chi connectivity index (χ1v) is 6.61. The minimum atomic E-state index is -3.85. The minimum absolute atomic E-state index is 0.187. The third-order valence-corrected chi connectivity index (χ3v) is 3.67. The fraction of sp³-hybridized carbons (Fsp3) is 0.400. The van der Waals surface area contributed by atoms with Gasteiger partial charge in [-0.2, -0.15) is 0 Å². The van der Waals surface area contributed by atoms with Crippen LogP contribution in [0.1, 0.15) is 11.1 Å². The molecule has 0 radical (unpaired) electrons. The maximum absolute atomic E-state index is 11.2. The van der Waals surface area contributed by atoms with E-state index in [9.17, 15) is 13.5 Å². The van der Waals surface area contributed by atoms with Gasteiger partial charge in [0, 0.05) is 0 Å². The molecule has 0 saturated heterocycles. The highest BCUT2D eigenvalue weighted by atomic mass is 32.2. The van der Waals surface area contributed by atoms with Gasteiger partial charge < -0.3 is 10.4 Å². The number of nitrogens with one attached hydrogen (secondary N) is 1. The first-order valence-electron chi connectivity index (χ1n) is 5.07. The molecule has 0 amide bonds. The van der Waals surface area contributed by atoms with Crippen LogP contribution in [0.25, 0.3) is 0 Å². The van der Waals surface area contributed by atoms with Crippen LogP contribution >= 0.6 is 0 Å². The Kier molecular flexibility index (Phi) is 2.88. The van der Waals surface area contributed by atoms with Crippen molar-refractivity contribution in [1.82, 2.24) is 5.32 Å². The zero-order chi connectivity index (χ0) is 11.8. The smallest absolute Gasteiger partial charge is 0.241 e. The first kappa shape index (κ1) is 11.4. The van der Waals surface area contributed by atoms with E-state index in [0.717, 1.165) is 37.1 Å². The molecular weight excluding hydrogens is 228 g/mol. The van der Waals surface area contributed by atoms with Crippen molar-refractivity contribution in [2.45, 2.75) is 17.7 Å². The van der Waals surface area contributed by atoms with Crippen molar-refractivity contribution in [3.8, 4) is 5.75 Å². The van der Waals surface area contributed by atoms with Crippen LogP contribution in [-0.2, 0) is 22.9 Å². The van der Waals surface area contributed by atoms with E-state index in [4.69, 9.17) is 5.14 Å². The number of hydrogen-bond donors (Lipinski definition) is 3. The van der Waals surface area contributed by atoms with Crippen LogP contribution in [0.5, 0.6) is 5.75 Å². The predicted molar refractivity (Wildman–Crippen MR) is 59.8 cm³/mol. The molecule has 88 valence electrons. The van der Waals surface area contributed by atoms with E-state index in [2.05, 4.69) is 5.32 Å². The van der Waals surface area contributed by atoms with E-state index in [0.29, 0.717) is 0 Å². The lowest BCUT2D eigenvalue weighted by Gasteiger charge is -2.09. The van der Waals surface area contributed by atoms with E-state index >= 15 is 0 Å². The van der Waals surface area contributed by atoms with Crippen molar-refractivity contribution in [3.63, 3.8) is 0 Å². The second kappa shape index (κ2) is 4.04. The molecule has 4 N–H and O–H groups in total. The minimum Gasteiger partial charge on any atom is -0.507 e. The van der Waals surface area contributed by atoms with Gasteiger partial charge in [0.05, 0.1) is 0 Å². The van der Waals surface area contributed by atoms with Gasteiger partial charge in [0.2, 0.25) is 10.0 Å². The summed E-state index contributed by atoms with van der Waals surface area (Å²) >= 11 is 0. The second-order valence-corrected chi connectivity index (χ2v) is 5.41. The summed E-state index contributed by atoms with van der Waals surface area (Å²) < 4.78 is 22.5. The third kappa shape index (κ3) is 2.18. The highest BCUT2D eigenvalue weighted by Gasteiger charge is 2.18. The standard InChI is InChI=1S/C10H14N2O3S/c11-16(14,15)10-6-8-2-4-12-3-1-7(8)5-9(10)13/h5-6,12-13H,1-4H2,(H2,11,14,15). The third-order valence-electron chi connectivity index (χ3n) is 2.73. The van der Waals surface area contributed by atoms with Crippen molar-refractivity contribution in [2.24, 2.45) is 5.14 Å². The summed E-state index contributed by atoms with van der Waals surface area (Å²) in [6.45, 7) is 1.64. The van der Waals surface area contributed by atoms with Gasteiger partial charge in [-0.3, -0.25) is 0 Å². The maximum Gasteiger partial charge on any atom is 0.241 e. The summed E-state index contributed by atoms with van der Waals surface area (Å²) in [7, 11) is -3.85. The van der Waals surface area contributed by atoms with E-state index in [1.807, 2.05) is 0 Å². The SMILES string of the molecule is NS(=O)(=O)c1cc2c(cc1O)CCNCC2. The van der Waals surface area contributed by atoms with Crippen LogP contribution in [0, 0.1) is 0 Å². The van der Waals surface area contributed by atoms with Crippen LogP contribution in [0.15, 0.2) is 17.0 Å². The Hall–Kier alpha value is -1.11.